The van der Waals surface area contributed by atoms with Crippen LogP contribution in [0.2, 0.25) is 0 Å². The van der Waals surface area contributed by atoms with Gasteiger partial charge in [-0.25, -0.2) is 9.59 Å². The highest BCUT2D eigenvalue weighted by Gasteiger charge is 2.48. The number of aliphatic carboxylic acids is 1. The lowest BCUT2D eigenvalue weighted by atomic mass is 9.99. The van der Waals surface area contributed by atoms with Gasteiger partial charge in [0.2, 0.25) is 6.29 Å². The normalized spacial score (nSPS) is 27.2. The first-order valence-electron chi connectivity index (χ1n) is 8.37. The minimum absolute atomic E-state index is 0.114. The monoisotopic (exact) mass is 389 g/mol. The summed E-state index contributed by atoms with van der Waals surface area (Å²) >= 11 is 0. The van der Waals surface area contributed by atoms with Gasteiger partial charge in [-0.05, 0) is 35.4 Å². The van der Waals surface area contributed by atoms with Crippen LogP contribution in [0.4, 0.5) is 5.69 Å². The van der Waals surface area contributed by atoms with Gasteiger partial charge >= 0.3 is 11.9 Å². The molecule has 0 unspecified atom stereocenters. The van der Waals surface area contributed by atoms with Gasteiger partial charge in [-0.1, -0.05) is 24.3 Å². The molecule has 5 atom stereocenters. The molecule has 9 heteroatoms. The summed E-state index contributed by atoms with van der Waals surface area (Å²) < 4.78 is 9.98. The van der Waals surface area contributed by atoms with Crippen molar-refractivity contribution in [3.8, 4) is 11.1 Å². The number of hydrogen-bond acceptors (Lipinski definition) is 8. The molecule has 0 amide bonds. The molecule has 0 saturated carbocycles. The van der Waals surface area contributed by atoms with Gasteiger partial charge in [-0.3, -0.25) is 0 Å². The number of carboxylic acid groups (broad SMARTS) is 1. The maximum absolute atomic E-state index is 12.4. The van der Waals surface area contributed by atoms with Crippen LogP contribution in [0, 0.1) is 0 Å². The van der Waals surface area contributed by atoms with Crippen molar-refractivity contribution in [1.29, 1.82) is 0 Å². The third-order valence-corrected chi connectivity index (χ3v) is 4.35. The molecule has 148 valence electrons. The summed E-state index contributed by atoms with van der Waals surface area (Å²) in [5.74, 6) is -2.47. The lowest BCUT2D eigenvalue weighted by molar-refractivity contribution is -0.278. The second-order valence-corrected chi connectivity index (χ2v) is 6.35. The first-order chi connectivity index (χ1) is 13.3. The number of rotatable bonds is 4. The van der Waals surface area contributed by atoms with Gasteiger partial charge in [0.25, 0.3) is 0 Å². The molecule has 6 N–H and O–H groups in total. The number of nitrogens with two attached hydrogens (primary N) is 1. The molecule has 9 nitrogen and oxygen atoms in total. The summed E-state index contributed by atoms with van der Waals surface area (Å²) in [6.07, 6.45) is -9.15. The summed E-state index contributed by atoms with van der Waals surface area (Å²) in [6.45, 7) is 0. The fraction of sp³-hybridized carbons (Fsp3) is 0.263. The van der Waals surface area contributed by atoms with Gasteiger partial charge in [-0.15, -0.1) is 0 Å². The van der Waals surface area contributed by atoms with Crippen LogP contribution in [-0.2, 0) is 14.3 Å². The van der Waals surface area contributed by atoms with E-state index >= 15 is 0 Å². The molecule has 28 heavy (non-hydrogen) atoms. The Hall–Kier alpha value is -2.98. The number of carboxylic acids is 1. The molecule has 0 aliphatic carbocycles. The second-order valence-electron chi connectivity index (χ2n) is 6.35. The summed E-state index contributed by atoms with van der Waals surface area (Å²) in [4.78, 5) is 23.6. The van der Waals surface area contributed by atoms with E-state index in [1.165, 1.54) is 12.1 Å². The molecule has 0 bridgehead atoms. The Labute approximate surface area is 159 Å². The van der Waals surface area contributed by atoms with Crippen LogP contribution >= 0.6 is 0 Å². The van der Waals surface area contributed by atoms with Crippen LogP contribution in [-0.4, -0.2) is 63.1 Å². The fourth-order valence-corrected chi connectivity index (χ4v) is 2.87. The highest BCUT2D eigenvalue weighted by atomic mass is 16.7. The molecule has 3 rings (SSSR count). The van der Waals surface area contributed by atoms with Crippen molar-refractivity contribution in [2.45, 2.75) is 30.7 Å². The van der Waals surface area contributed by atoms with Crippen LogP contribution in [0.25, 0.3) is 11.1 Å². The quantitative estimate of drug-likeness (QED) is 0.358. The van der Waals surface area contributed by atoms with E-state index in [-0.39, 0.29) is 5.56 Å². The van der Waals surface area contributed by atoms with Crippen LogP contribution in [0.1, 0.15) is 10.4 Å². The molecule has 1 aliphatic rings. The molecule has 0 spiro atoms. The van der Waals surface area contributed by atoms with Crippen LogP contribution in [0.15, 0.2) is 48.5 Å². The zero-order valence-corrected chi connectivity index (χ0v) is 14.5. The standard InChI is InChI=1S/C19H19NO8/c20-12-6-2-4-10(8-12)9-3-1-5-11(7-9)18(26)28-19-15(23)13(21)14(22)16(27-19)17(24)25/h1-8,13-16,19,21-23H,20H2,(H,24,25)/t13-,14-,15+,16-,19-/m0/s1. The number of carbonyl (C=O) groups excluding carboxylic acids is 1. The maximum Gasteiger partial charge on any atom is 0.340 e. The number of nitrogen functional groups attached to an aromatic ring is 1. The average Bonchev–Trinajstić information content (AvgIpc) is 2.68. The Morgan fingerprint density at radius 2 is 1.57 bits per heavy atom. The summed E-state index contributed by atoms with van der Waals surface area (Å²) in [5, 5.41) is 38.4. The highest BCUT2D eigenvalue weighted by Crippen LogP contribution is 2.25. The predicted octanol–water partition coefficient (Wildman–Crippen LogP) is -0.0152. The minimum atomic E-state index is -1.87. The van der Waals surface area contributed by atoms with E-state index in [4.69, 9.17) is 20.3 Å². The van der Waals surface area contributed by atoms with Gasteiger partial charge in [0.05, 0.1) is 5.56 Å². The second kappa shape index (κ2) is 7.95. The van der Waals surface area contributed by atoms with Crippen molar-refractivity contribution in [2.24, 2.45) is 0 Å². The SMILES string of the molecule is Nc1cccc(-c2cccc(C(=O)O[C@@H]3O[C@H](C(=O)O)[C@@H](O)[C@H](O)[C@H]3O)c2)c1. The number of ether oxygens (including phenoxy) is 2. The average molecular weight is 389 g/mol. The Bertz CT molecular complexity index is 886. The van der Waals surface area contributed by atoms with E-state index < -0.39 is 42.6 Å². The number of benzene rings is 2. The summed E-state index contributed by atoms with van der Waals surface area (Å²) in [7, 11) is 0. The molecular formula is C19H19NO8. The number of carbonyl (C=O) groups is 2. The molecule has 0 aromatic heterocycles. The van der Waals surface area contributed by atoms with E-state index in [2.05, 4.69) is 0 Å². The topological polar surface area (TPSA) is 160 Å². The van der Waals surface area contributed by atoms with Crippen LogP contribution in [0.3, 0.4) is 0 Å². The van der Waals surface area contributed by atoms with Crippen LogP contribution in [0.5, 0.6) is 0 Å². The number of anilines is 1. The Kier molecular flexibility index (Phi) is 5.61. The maximum atomic E-state index is 12.4. The van der Waals surface area contributed by atoms with E-state index in [0.29, 0.717) is 11.3 Å². The van der Waals surface area contributed by atoms with E-state index in [1.807, 2.05) is 6.07 Å². The molecule has 2 aromatic rings. The van der Waals surface area contributed by atoms with Gasteiger partial charge in [0.15, 0.2) is 6.10 Å². The van der Waals surface area contributed by atoms with E-state index in [9.17, 15) is 24.9 Å². The van der Waals surface area contributed by atoms with Crippen molar-refractivity contribution in [3.05, 3.63) is 54.1 Å². The Balaban J connectivity index is 1.79. The number of esters is 1. The molecule has 1 heterocycles. The molecule has 1 fully saturated rings. The molecule has 1 aliphatic heterocycles. The fourth-order valence-electron chi connectivity index (χ4n) is 2.87. The minimum Gasteiger partial charge on any atom is -0.479 e. The number of aliphatic hydroxyl groups excluding tert-OH is 3. The van der Waals surface area contributed by atoms with Crippen molar-refractivity contribution in [3.63, 3.8) is 0 Å². The largest absolute Gasteiger partial charge is 0.479 e. The predicted molar refractivity (Wildman–Crippen MR) is 96.0 cm³/mol. The third kappa shape index (κ3) is 3.97. The lowest BCUT2D eigenvalue weighted by Crippen LogP contribution is -2.60. The molecular weight excluding hydrogens is 370 g/mol. The summed E-state index contributed by atoms with van der Waals surface area (Å²) in [5.41, 5.74) is 7.89. The van der Waals surface area contributed by atoms with Crippen molar-refractivity contribution >= 4 is 17.6 Å². The van der Waals surface area contributed by atoms with E-state index in [0.717, 1.165) is 5.56 Å². The number of aliphatic hydroxyl groups is 3. The highest BCUT2D eigenvalue weighted by molar-refractivity contribution is 5.91. The Morgan fingerprint density at radius 1 is 0.929 bits per heavy atom. The Morgan fingerprint density at radius 3 is 2.21 bits per heavy atom. The van der Waals surface area contributed by atoms with Crippen LogP contribution < -0.4 is 5.73 Å². The van der Waals surface area contributed by atoms with E-state index in [1.54, 1.807) is 30.3 Å². The van der Waals surface area contributed by atoms with Crippen molar-refractivity contribution in [1.82, 2.24) is 0 Å². The first kappa shape index (κ1) is 19.8. The first-order valence-corrected chi connectivity index (χ1v) is 8.37. The summed E-state index contributed by atoms with van der Waals surface area (Å²) in [6, 6.07) is 13.4. The zero-order valence-electron chi connectivity index (χ0n) is 14.5. The molecule has 0 radical (unpaired) electrons. The van der Waals surface area contributed by atoms with Gasteiger partial charge in [-0.2, -0.15) is 0 Å². The number of hydrogen-bond donors (Lipinski definition) is 5. The molecule has 2 aromatic carbocycles. The van der Waals surface area contributed by atoms with Gasteiger partial charge < -0.3 is 35.6 Å². The van der Waals surface area contributed by atoms with Crippen molar-refractivity contribution in [2.75, 3.05) is 5.73 Å². The van der Waals surface area contributed by atoms with Crippen molar-refractivity contribution < 1.29 is 39.5 Å². The van der Waals surface area contributed by atoms with Gasteiger partial charge in [0.1, 0.15) is 18.3 Å². The lowest BCUT2D eigenvalue weighted by Gasteiger charge is -2.37. The third-order valence-electron chi connectivity index (χ3n) is 4.35. The zero-order chi connectivity index (χ0) is 20.4. The smallest absolute Gasteiger partial charge is 0.340 e. The molecule has 1 saturated heterocycles. The van der Waals surface area contributed by atoms with Gasteiger partial charge in [0, 0.05) is 5.69 Å².